The molecule has 5 aromatic rings. The van der Waals surface area contributed by atoms with Crippen molar-refractivity contribution in [3.63, 3.8) is 0 Å². The first-order valence-electron chi connectivity index (χ1n) is 16.0. The van der Waals surface area contributed by atoms with Gasteiger partial charge in [-0.3, -0.25) is 14.5 Å². The molecule has 7 rings (SSSR count). The van der Waals surface area contributed by atoms with E-state index in [1.165, 1.54) is 35.5 Å². The normalized spacial score (nSPS) is 16.8. The van der Waals surface area contributed by atoms with Crippen LogP contribution in [0.15, 0.2) is 73.6 Å². The predicted octanol–water partition coefficient (Wildman–Crippen LogP) is 4.80. The summed E-state index contributed by atoms with van der Waals surface area (Å²) in [4.78, 5) is 26.2. The van der Waals surface area contributed by atoms with Crippen LogP contribution in [0.4, 0.5) is 13.2 Å². The zero-order chi connectivity index (χ0) is 33.4. The molecule has 2 aliphatic heterocycles. The van der Waals surface area contributed by atoms with Gasteiger partial charge in [-0.2, -0.15) is 10.2 Å². The largest absolute Gasteiger partial charge is 0.382 e. The molecule has 1 atom stereocenters. The number of hydrogen-bond donors (Lipinski definition) is 1. The maximum Gasteiger partial charge on any atom is 0.256 e. The number of pyridine rings is 1. The van der Waals surface area contributed by atoms with Gasteiger partial charge in [-0.1, -0.05) is 6.07 Å². The summed E-state index contributed by atoms with van der Waals surface area (Å²) in [5, 5.41) is 20.4. The number of aliphatic hydroxyl groups is 1. The summed E-state index contributed by atoms with van der Waals surface area (Å²) in [6, 6.07) is 11.2. The first-order chi connectivity index (χ1) is 23.2. The second kappa shape index (κ2) is 13.0. The van der Waals surface area contributed by atoms with Crippen molar-refractivity contribution in [1.29, 1.82) is 0 Å². The molecular weight excluding hydrogens is 621 g/mol. The summed E-state index contributed by atoms with van der Waals surface area (Å²) >= 11 is 0. The van der Waals surface area contributed by atoms with Gasteiger partial charge < -0.3 is 14.9 Å². The minimum atomic E-state index is -1.65. The van der Waals surface area contributed by atoms with E-state index in [4.69, 9.17) is 0 Å². The van der Waals surface area contributed by atoms with Crippen molar-refractivity contribution >= 4 is 5.91 Å². The Morgan fingerprint density at radius 1 is 0.979 bits per heavy atom. The Morgan fingerprint density at radius 2 is 1.75 bits per heavy atom. The van der Waals surface area contributed by atoms with Gasteiger partial charge in [-0.25, -0.2) is 22.8 Å². The molecule has 1 N–H and O–H groups in total. The quantitative estimate of drug-likeness (QED) is 0.230. The van der Waals surface area contributed by atoms with Gasteiger partial charge in [0.1, 0.15) is 41.4 Å². The molecular formula is C35H35F3N8O2. The monoisotopic (exact) mass is 656 g/mol. The number of fused-ring (bicyclic) bond motifs is 1. The van der Waals surface area contributed by atoms with Gasteiger partial charge >= 0.3 is 0 Å². The molecule has 0 bridgehead atoms. The molecule has 1 saturated heterocycles. The second-order valence-electron chi connectivity index (χ2n) is 12.7. The number of aryl methyl sites for hydroxylation is 1. The summed E-state index contributed by atoms with van der Waals surface area (Å²) in [5.74, 6) is -1.56. The highest BCUT2D eigenvalue weighted by Gasteiger charge is 2.37. The minimum Gasteiger partial charge on any atom is -0.382 e. The van der Waals surface area contributed by atoms with Crippen LogP contribution in [0, 0.1) is 23.4 Å². The van der Waals surface area contributed by atoms with Gasteiger partial charge in [0.15, 0.2) is 0 Å². The number of carbonyl (C=O) groups excluding carboxylic acids is 1. The lowest BCUT2D eigenvalue weighted by Crippen LogP contribution is -2.47. The van der Waals surface area contributed by atoms with Crippen LogP contribution in [0.1, 0.15) is 40.9 Å². The Labute approximate surface area is 275 Å². The van der Waals surface area contributed by atoms with Gasteiger partial charge in [-0.05, 0) is 74.7 Å². The van der Waals surface area contributed by atoms with Crippen molar-refractivity contribution in [2.75, 3.05) is 26.2 Å². The van der Waals surface area contributed by atoms with Crippen LogP contribution < -0.4 is 0 Å². The molecule has 1 unspecified atom stereocenters. The third kappa shape index (κ3) is 6.35. The van der Waals surface area contributed by atoms with Crippen molar-refractivity contribution in [1.82, 2.24) is 39.3 Å². The van der Waals surface area contributed by atoms with Crippen LogP contribution in [0.2, 0.25) is 0 Å². The molecule has 0 saturated carbocycles. The number of hydrogen-bond acceptors (Lipinski definition) is 7. The molecule has 5 heterocycles. The predicted molar refractivity (Wildman–Crippen MR) is 171 cm³/mol. The van der Waals surface area contributed by atoms with E-state index in [9.17, 15) is 23.1 Å². The highest BCUT2D eigenvalue weighted by molar-refractivity contribution is 6.05. The van der Waals surface area contributed by atoms with E-state index in [0.29, 0.717) is 43.4 Å². The molecule has 48 heavy (non-hydrogen) atoms. The highest BCUT2D eigenvalue weighted by Crippen LogP contribution is 2.37. The standard InChI is InChI=1S/C35H35F3N8O2/c1-43-17-28(33(42-43)24-2-4-25(36)5-3-24)27-8-12-40-31-18-45(34(47)32(27)31)15-11-23-9-13-44(14-10-23)19-35(48,20-46-22-39-21-41-46)29-7-6-26(37)16-30(29)38/h2-8,12,16-17,21-23,48H,9-11,13-15,18-20H2,1H3. The molecule has 10 nitrogen and oxygen atoms in total. The van der Waals surface area contributed by atoms with Gasteiger partial charge in [0.25, 0.3) is 5.91 Å². The van der Waals surface area contributed by atoms with Gasteiger partial charge in [0.2, 0.25) is 0 Å². The number of piperidine rings is 1. The number of benzene rings is 2. The van der Waals surface area contributed by atoms with Crippen molar-refractivity contribution in [3.8, 4) is 22.4 Å². The van der Waals surface area contributed by atoms with E-state index >= 15 is 0 Å². The zero-order valence-corrected chi connectivity index (χ0v) is 26.4. The summed E-state index contributed by atoms with van der Waals surface area (Å²) in [7, 11) is 1.82. The van der Waals surface area contributed by atoms with Gasteiger partial charge in [-0.15, -0.1) is 0 Å². The second-order valence-corrected chi connectivity index (χ2v) is 12.7. The van der Waals surface area contributed by atoms with Crippen molar-refractivity contribution in [3.05, 3.63) is 108 Å². The smallest absolute Gasteiger partial charge is 0.256 e. The van der Waals surface area contributed by atoms with Crippen LogP contribution in [0.25, 0.3) is 22.4 Å². The number of nitrogens with zero attached hydrogens (tertiary/aromatic N) is 8. The van der Waals surface area contributed by atoms with Crippen molar-refractivity contribution < 1.29 is 23.1 Å². The van der Waals surface area contributed by atoms with Gasteiger partial charge in [0, 0.05) is 60.9 Å². The third-order valence-electron chi connectivity index (χ3n) is 9.43. The van der Waals surface area contributed by atoms with E-state index in [-0.39, 0.29) is 30.4 Å². The Morgan fingerprint density at radius 3 is 2.48 bits per heavy atom. The minimum absolute atomic E-state index is 0.0117. The van der Waals surface area contributed by atoms with E-state index < -0.39 is 17.2 Å². The van der Waals surface area contributed by atoms with E-state index in [0.717, 1.165) is 53.8 Å². The summed E-state index contributed by atoms with van der Waals surface area (Å²) in [6.07, 6.45) is 8.89. The van der Waals surface area contributed by atoms with Crippen LogP contribution in [-0.2, 0) is 25.7 Å². The summed E-state index contributed by atoms with van der Waals surface area (Å²) in [6.45, 7) is 2.47. The third-order valence-corrected chi connectivity index (χ3v) is 9.43. The van der Waals surface area contributed by atoms with Crippen molar-refractivity contribution in [2.24, 2.45) is 13.0 Å². The number of carbonyl (C=O) groups is 1. The Bertz CT molecular complexity index is 1920. The number of halogens is 3. The molecule has 2 aromatic carbocycles. The lowest BCUT2D eigenvalue weighted by Gasteiger charge is -2.38. The van der Waals surface area contributed by atoms with E-state index in [1.807, 2.05) is 24.2 Å². The van der Waals surface area contributed by atoms with Crippen LogP contribution >= 0.6 is 0 Å². The molecule has 1 amide bonds. The first kappa shape index (κ1) is 31.7. The molecule has 13 heteroatoms. The number of aromatic nitrogens is 6. The SMILES string of the molecule is Cn1cc(-c2ccnc3c2C(=O)N(CCC2CCN(CC(O)(Cn4cncn4)c4ccc(F)cc4F)CC2)C3)c(-c2ccc(F)cc2)n1. The van der Waals surface area contributed by atoms with Crippen molar-refractivity contribution in [2.45, 2.75) is 38.0 Å². The number of β-amino-alcohol motifs (C(OH)–C–C–N with tert-alkyl or cyclic N) is 1. The highest BCUT2D eigenvalue weighted by atomic mass is 19.1. The lowest BCUT2D eigenvalue weighted by molar-refractivity contribution is -0.0291. The fourth-order valence-electron chi connectivity index (χ4n) is 7.00. The topological polar surface area (TPSA) is 105 Å². The van der Waals surface area contributed by atoms with Crippen LogP contribution in [0.3, 0.4) is 0 Å². The fourth-order valence-corrected chi connectivity index (χ4v) is 7.00. The van der Waals surface area contributed by atoms with Crippen LogP contribution in [0.5, 0.6) is 0 Å². The average Bonchev–Trinajstić information content (AvgIpc) is 3.80. The van der Waals surface area contributed by atoms with E-state index in [2.05, 4.69) is 25.1 Å². The molecule has 0 aliphatic carbocycles. The maximum absolute atomic E-state index is 14.9. The zero-order valence-electron chi connectivity index (χ0n) is 26.4. The Hall–Kier alpha value is -4.88. The number of likely N-dealkylation sites (tertiary alicyclic amines) is 1. The summed E-state index contributed by atoms with van der Waals surface area (Å²) < 4.78 is 45.3. The van der Waals surface area contributed by atoms with E-state index in [1.54, 1.807) is 23.0 Å². The first-order valence-corrected chi connectivity index (χ1v) is 16.0. The lowest BCUT2D eigenvalue weighted by atomic mass is 9.89. The maximum atomic E-state index is 14.9. The number of rotatable bonds is 10. The molecule has 3 aromatic heterocycles. The molecule has 248 valence electrons. The molecule has 1 fully saturated rings. The Kier molecular flexibility index (Phi) is 8.56. The molecule has 0 spiro atoms. The number of amides is 1. The van der Waals surface area contributed by atoms with Crippen LogP contribution in [-0.4, -0.2) is 76.5 Å². The van der Waals surface area contributed by atoms with Gasteiger partial charge in [0.05, 0.1) is 24.3 Å². The Balaban J connectivity index is 0.999. The summed E-state index contributed by atoms with van der Waals surface area (Å²) in [5.41, 5.74) is 2.62. The fraction of sp³-hybridized carbons (Fsp3) is 0.343. The molecule has 0 radical (unpaired) electrons. The molecule has 2 aliphatic rings. The average molecular weight is 657 g/mol.